The zero-order valence-electron chi connectivity index (χ0n) is 11.0. The number of hydrogen-bond acceptors (Lipinski definition) is 3. The van der Waals surface area contributed by atoms with Crippen LogP contribution in [0.1, 0.15) is 50.6 Å². The van der Waals surface area contributed by atoms with Crippen LogP contribution >= 0.6 is 11.3 Å². The number of nitrogens with one attached hydrogen (secondary N) is 1. The number of aromatic nitrogens is 1. The smallest absolute Gasteiger partial charge is 0.0797 e. The molecule has 0 aliphatic heterocycles. The van der Waals surface area contributed by atoms with Crippen LogP contribution in [0.15, 0.2) is 5.51 Å². The molecule has 16 heavy (non-hydrogen) atoms. The lowest BCUT2D eigenvalue weighted by Crippen LogP contribution is -2.44. The molecule has 0 aliphatic rings. The van der Waals surface area contributed by atoms with Crippen molar-refractivity contribution in [1.82, 2.24) is 10.3 Å². The van der Waals surface area contributed by atoms with Crippen molar-refractivity contribution in [2.75, 3.05) is 6.54 Å². The lowest BCUT2D eigenvalue weighted by atomic mass is 9.90. The van der Waals surface area contributed by atoms with Crippen molar-refractivity contribution in [2.24, 2.45) is 0 Å². The van der Waals surface area contributed by atoms with Gasteiger partial charge in [-0.1, -0.05) is 20.8 Å². The first kappa shape index (κ1) is 13.7. The molecule has 0 atom stereocenters. The van der Waals surface area contributed by atoms with Crippen LogP contribution in [0.3, 0.4) is 0 Å². The third kappa shape index (κ3) is 3.29. The molecule has 0 aromatic carbocycles. The third-order valence-corrected chi connectivity index (χ3v) is 4.72. The van der Waals surface area contributed by atoms with Crippen molar-refractivity contribution in [3.05, 3.63) is 16.1 Å². The predicted molar refractivity (Wildman–Crippen MR) is 72.2 cm³/mol. The highest BCUT2D eigenvalue weighted by Gasteiger charge is 2.22. The second-order valence-electron chi connectivity index (χ2n) is 4.38. The Morgan fingerprint density at radius 2 is 1.88 bits per heavy atom. The zero-order valence-corrected chi connectivity index (χ0v) is 11.8. The molecular weight excluding hydrogens is 216 g/mol. The van der Waals surface area contributed by atoms with E-state index >= 15 is 0 Å². The maximum absolute atomic E-state index is 4.28. The zero-order chi connectivity index (χ0) is 12.0. The van der Waals surface area contributed by atoms with Gasteiger partial charge in [0.15, 0.2) is 0 Å². The summed E-state index contributed by atoms with van der Waals surface area (Å²) in [7, 11) is 0. The van der Waals surface area contributed by atoms with Crippen LogP contribution in [-0.2, 0) is 6.42 Å². The van der Waals surface area contributed by atoms with Crippen molar-refractivity contribution < 1.29 is 0 Å². The first-order valence-corrected chi connectivity index (χ1v) is 7.19. The predicted octanol–water partition coefficient (Wildman–Crippen LogP) is 3.55. The second kappa shape index (κ2) is 6.36. The first-order chi connectivity index (χ1) is 7.67. The molecule has 0 amide bonds. The van der Waals surface area contributed by atoms with E-state index in [0.717, 1.165) is 13.0 Å². The highest BCUT2D eigenvalue weighted by Crippen LogP contribution is 2.19. The lowest BCUT2D eigenvalue weighted by molar-refractivity contribution is 0.293. The van der Waals surface area contributed by atoms with E-state index in [2.05, 4.69) is 38.0 Å². The minimum Gasteiger partial charge on any atom is -0.311 e. The Labute approximate surface area is 103 Å². The quantitative estimate of drug-likeness (QED) is 0.788. The maximum atomic E-state index is 4.28. The minimum atomic E-state index is 0.346. The Hall–Kier alpha value is -0.410. The van der Waals surface area contributed by atoms with Crippen LogP contribution in [0.4, 0.5) is 0 Å². The number of nitrogens with zero attached hydrogens (tertiary/aromatic N) is 1. The van der Waals surface area contributed by atoms with E-state index in [1.165, 1.54) is 29.8 Å². The fourth-order valence-corrected chi connectivity index (χ4v) is 2.91. The van der Waals surface area contributed by atoms with Crippen LogP contribution in [-0.4, -0.2) is 17.1 Å². The average molecular weight is 240 g/mol. The van der Waals surface area contributed by atoms with Crippen LogP contribution in [0.5, 0.6) is 0 Å². The van der Waals surface area contributed by atoms with Gasteiger partial charge in [0.2, 0.25) is 0 Å². The molecule has 1 rings (SSSR count). The van der Waals surface area contributed by atoms with Crippen molar-refractivity contribution in [3.8, 4) is 0 Å². The topological polar surface area (TPSA) is 24.9 Å². The number of hydrogen-bond donors (Lipinski definition) is 1. The average Bonchev–Trinajstić information content (AvgIpc) is 2.71. The summed E-state index contributed by atoms with van der Waals surface area (Å²) in [4.78, 5) is 5.70. The molecule has 0 spiro atoms. The SMILES string of the molecule is CCC(CC)(CC)NCCc1scnc1C. The Morgan fingerprint density at radius 1 is 1.25 bits per heavy atom. The van der Waals surface area contributed by atoms with E-state index in [4.69, 9.17) is 0 Å². The summed E-state index contributed by atoms with van der Waals surface area (Å²) < 4.78 is 0. The van der Waals surface area contributed by atoms with Gasteiger partial charge in [0, 0.05) is 17.0 Å². The fourth-order valence-electron chi connectivity index (χ4n) is 2.13. The van der Waals surface area contributed by atoms with Crippen molar-refractivity contribution in [1.29, 1.82) is 0 Å². The number of thiazole rings is 1. The van der Waals surface area contributed by atoms with Gasteiger partial charge in [-0.15, -0.1) is 11.3 Å². The molecule has 0 radical (unpaired) electrons. The van der Waals surface area contributed by atoms with Crippen LogP contribution in [0, 0.1) is 6.92 Å². The van der Waals surface area contributed by atoms with Gasteiger partial charge >= 0.3 is 0 Å². The molecule has 92 valence electrons. The molecule has 2 nitrogen and oxygen atoms in total. The van der Waals surface area contributed by atoms with E-state index in [1.807, 2.05) is 5.51 Å². The van der Waals surface area contributed by atoms with Gasteiger partial charge in [0.1, 0.15) is 0 Å². The third-order valence-electron chi connectivity index (χ3n) is 3.73. The summed E-state index contributed by atoms with van der Waals surface area (Å²) >= 11 is 1.77. The molecule has 3 heteroatoms. The highest BCUT2D eigenvalue weighted by molar-refractivity contribution is 7.09. The molecule has 1 N–H and O–H groups in total. The van der Waals surface area contributed by atoms with E-state index in [9.17, 15) is 0 Å². The fraction of sp³-hybridized carbons (Fsp3) is 0.769. The van der Waals surface area contributed by atoms with E-state index in [0.29, 0.717) is 5.54 Å². The van der Waals surface area contributed by atoms with Gasteiger partial charge in [-0.05, 0) is 32.6 Å². The Balaban J connectivity index is 2.42. The van der Waals surface area contributed by atoms with Gasteiger partial charge in [-0.2, -0.15) is 0 Å². The van der Waals surface area contributed by atoms with Crippen LogP contribution in [0.25, 0.3) is 0 Å². The number of aryl methyl sites for hydroxylation is 1. The largest absolute Gasteiger partial charge is 0.311 e. The van der Waals surface area contributed by atoms with Crippen molar-refractivity contribution in [3.63, 3.8) is 0 Å². The van der Waals surface area contributed by atoms with Gasteiger partial charge in [-0.3, -0.25) is 0 Å². The molecule has 0 fully saturated rings. The second-order valence-corrected chi connectivity index (χ2v) is 5.32. The molecule has 0 unspecified atom stereocenters. The van der Waals surface area contributed by atoms with Crippen molar-refractivity contribution in [2.45, 2.75) is 58.9 Å². The molecular formula is C13H24N2S. The summed E-state index contributed by atoms with van der Waals surface area (Å²) in [5.74, 6) is 0. The van der Waals surface area contributed by atoms with E-state index < -0.39 is 0 Å². The maximum Gasteiger partial charge on any atom is 0.0797 e. The summed E-state index contributed by atoms with van der Waals surface area (Å²) in [5, 5.41) is 3.73. The Morgan fingerprint density at radius 3 is 2.31 bits per heavy atom. The molecule has 0 saturated carbocycles. The number of rotatable bonds is 7. The monoisotopic (exact) mass is 240 g/mol. The summed E-state index contributed by atoms with van der Waals surface area (Å²) in [6.45, 7) is 9.99. The Bertz CT molecular complexity index is 294. The molecule has 1 heterocycles. The molecule has 0 saturated heterocycles. The standard InChI is InChI=1S/C13H24N2S/c1-5-13(6-2,7-3)15-9-8-12-11(4)14-10-16-12/h10,15H,5-9H2,1-4H3. The molecule has 1 aromatic rings. The van der Waals surface area contributed by atoms with Gasteiger partial charge < -0.3 is 5.32 Å². The van der Waals surface area contributed by atoms with Crippen LogP contribution in [0.2, 0.25) is 0 Å². The first-order valence-electron chi connectivity index (χ1n) is 6.31. The summed E-state index contributed by atoms with van der Waals surface area (Å²) in [5.41, 5.74) is 3.48. The van der Waals surface area contributed by atoms with E-state index in [1.54, 1.807) is 11.3 Å². The minimum absolute atomic E-state index is 0.346. The summed E-state index contributed by atoms with van der Waals surface area (Å²) in [6.07, 6.45) is 4.74. The normalized spacial score (nSPS) is 12.0. The van der Waals surface area contributed by atoms with Gasteiger partial charge in [0.25, 0.3) is 0 Å². The Kier molecular flexibility index (Phi) is 5.42. The molecule has 0 aliphatic carbocycles. The highest BCUT2D eigenvalue weighted by atomic mass is 32.1. The molecule has 0 bridgehead atoms. The van der Waals surface area contributed by atoms with E-state index in [-0.39, 0.29) is 0 Å². The van der Waals surface area contributed by atoms with Crippen LogP contribution < -0.4 is 5.32 Å². The van der Waals surface area contributed by atoms with Gasteiger partial charge in [0.05, 0.1) is 11.2 Å². The lowest BCUT2D eigenvalue weighted by Gasteiger charge is -2.32. The van der Waals surface area contributed by atoms with Gasteiger partial charge in [-0.25, -0.2) is 4.98 Å². The summed E-state index contributed by atoms with van der Waals surface area (Å²) in [6, 6.07) is 0. The molecule has 1 aromatic heterocycles. The van der Waals surface area contributed by atoms with Crippen molar-refractivity contribution >= 4 is 11.3 Å².